The van der Waals surface area contributed by atoms with Gasteiger partial charge in [0.15, 0.2) is 0 Å². The normalized spacial score (nSPS) is 10.5. The van der Waals surface area contributed by atoms with Crippen LogP contribution in [0.1, 0.15) is 39.2 Å². The van der Waals surface area contributed by atoms with E-state index < -0.39 is 5.54 Å². The Morgan fingerprint density at radius 3 is 2.57 bits per heavy atom. The summed E-state index contributed by atoms with van der Waals surface area (Å²) >= 11 is 2.97. The molecule has 0 saturated carbocycles. The van der Waals surface area contributed by atoms with E-state index in [0.29, 0.717) is 12.2 Å². The molecular weight excluding hydrogens is 351 g/mol. The number of aryl methyl sites for hydroxylation is 1. The van der Waals surface area contributed by atoms with E-state index in [-0.39, 0.29) is 30.7 Å². The molecule has 0 aliphatic heterocycles. The van der Waals surface area contributed by atoms with Gasteiger partial charge in [0.1, 0.15) is 15.7 Å². The van der Waals surface area contributed by atoms with Crippen molar-refractivity contribution in [3.8, 4) is 0 Å². The smallest absolute Gasteiger partial charge is 0.271 e. The average molecular weight is 369 g/mol. The summed E-state index contributed by atoms with van der Waals surface area (Å²) in [6, 6.07) is 0. The van der Waals surface area contributed by atoms with Crippen molar-refractivity contribution >= 4 is 53.4 Å². The molecule has 118 valence electrons. The van der Waals surface area contributed by atoms with Gasteiger partial charge in [-0.1, -0.05) is 0 Å². The Morgan fingerprint density at radius 1 is 1.43 bits per heavy atom. The molecule has 9 heteroatoms. The van der Waals surface area contributed by atoms with Crippen molar-refractivity contribution in [1.82, 2.24) is 15.3 Å². The highest BCUT2D eigenvalue weighted by Crippen LogP contribution is 2.25. The second-order valence-electron chi connectivity index (χ2n) is 4.69. The fourth-order valence-electron chi connectivity index (χ4n) is 1.55. The molecule has 0 spiro atoms. The summed E-state index contributed by atoms with van der Waals surface area (Å²) < 4.78 is 0. The first kappa shape index (κ1) is 20.3. The van der Waals surface area contributed by atoms with E-state index in [0.717, 1.165) is 14.9 Å². The number of hydrogen-bond donors (Lipinski definition) is 2. The standard InChI is InChI=1S/C12H16N4OS2.2ClH/c1-7-5-14-11(19-7)12(2,3)16-10(17)8-6-18-9(4-13)15-8;;/h5-6H,4,13H2,1-3H3,(H,16,17);2*1H. The van der Waals surface area contributed by atoms with Gasteiger partial charge in [0.05, 0.1) is 5.54 Å². The van der Waals surface area contributed by atoms with E-state index in [1.165, 1.54) is 11.3 Å². The van der Waals surface area contributed by atoms with E-state index in [9.17, 15) is 4.79 Å². The van der Waals surface area contributed by atoms with Crippen LogP contribution in [0.5, 0.6) is 0 Å². The van der Waals surface area contributed by atoms with Gasteiger partial charge in [-0.05, 0) is 20.8 Å². The van der Waals surface area contributed by atoms with E-state index in [1.54, 1.807) is 16.7 Å². The number of rotatable bonds is 4. The van der Waals surface area contributed by atoms with Crippen LogP contribution in [0.4, 0.5) is 0 Å². The van der Waals surface area contributed by atoms with Gasteiger partial charge in [0.2, 0.25) is 0 Å². The van der Waals surface area contributed by atoms with Crippen LogP contribution in [0.3, 0.4) is 0 Å². The third-order valence-corrected chi connectivity index (χ3v) is 4.65. The summed E-state index contributed by atoms with van der Waals surface area (Å²) in [4.78, 5) is 21.8. The first-order chi connectivity index (χ1) is 8.92. The number of nitrogens with zero attached hydrogens (tertiary/aromatic N) is 2. The van der Waals surface area contributed by atoms with Crippen molar-refractivity contribution in [2.45, 2.75) is 32.9 Å². The van der Waals surface area contributed by atoms with Crippen molar-refractivity contribution in [2.24, 2.45) is 5.73 Å². The van der Waals surface area contributed by atoms with Crippen molar-refractivity contribution in [3.63, 3.8) is 0 Å². The molecule has 0 aromatic carbocycles. The number of nitrogens with two attached hydrogens (primary N) is 1. The van der Waals surface area contributed by atoms with Crippen LogP contribution in [-0.2, 0) is 12.1 Å². The van der Waals surface area contributed by atoms with Crippen molar-refractivity contribution < 1.29 is 4.79 Å². The SMILES string of the molecule is Cc1cnc(C(C)(C)NC(=O)c2csc(CN)n2)s1.Cl.Cl. The largest absolute Gasteiger partial charge is 0.339 e. The summed E-state index contributed by atoms with van der Waals surface area (Å²) in [6.45, 7) is 6.21. The Bertz CT molecular complexity index is 598. The molecule has 0 aliphatic rings. The molecule has 0 aliphatic carbocycles. The summed E-state index contributed by atoms with van der Waals surface area (Å²) in [5.41, 5.74) is 5.39. The average Bonchev–Trinajstić information content (AvgIpc) is 2.96. The predicted octanol–water partition coefficient (Wildman–Crippen LogP) is 2.88. The molecule has 1 amide bonds. The van der Waals surface area contributed by atoms with Gasteiger partial charge in [-0.15, -0.1) is 47.5 Å². The van der Waals surface area contributed by atoms with E-state index >= 15 is 0 Å². The van der Waals surface area contributed by atoms with Gasteiger partial charge in [-0.3, -0.25) is 4.79 Å². The fraction of sp³-hybridized carbons (Fsp3) is 0.417. The van der Waals surface area contributed by atoms with Crippen LogP contribution >= 0.6 is 47.5 Å². The van der Waals surface area contributed by atoms with Crippen LogP contribution in [-0.4, -0.2) is 15.9 Å². The number of hydrogen-bond acceptors (Lipinski definition) is 6. The predicted molar refractivity (Wildman–Crippen MR) is 91.8 cm³/mol. The quantitative estimate of drug-likeness (QED) is 0.868. The van der Waals surface area contributed by atoms with Crippen molar-refractivity contribution in [2.75, 3.05) is 0 Å². The highest BCUT2D eigenvalue weighted by atomic mass is 35.5. The van der Waals surface area contributed by atoms with Crippen LogP contribution in [0.15, 0.2) is 11.6 Å². The van der Waals surface area contributed by atoms with Gasteiger partial charge in [0.25, 0.3) is 5.91 Å². The Labute approximate surface area is 144 Å². The molecule has 0 bridgehead atoms. The molecule has 0 atom stereocenters. The molecule has 2 heterocycles. The molecule has 0 radical (unpaired) electrons. The number of nitrogens with one attached hydrogen (secondary N) is 1. The zero-order valence-corrected chi connectivity index (χ0v) is 15.1. The summed E-state index contributed by atoms with van der Waals surface area (Å²) in [5.74, 6) is -0.200. The second kappa shape index (κ2) is 8.05. The second-order valence-corrected chi connectivity index (χ2v) is 6.86. The number of carbonyl (C=O) groups excluding carboxylic acids is 1. The number of thiazole rings is 2. The lowest BCUT2D eigenvalue weighted by Gasteiger charge is -2.23. The third-order valence-electron chi connectivity index (χ3n) is 2.54. The molecular formula is C12H18Cl2N4OS2. The van der Waals surface area contributed by atoms with Gasteiger partial charge < -0.3 is 11.1 Å². The lowest BCUT2D eigenvalue weighted by Crippen LogP contribution is -2.41. The molecule has 2 rings (SSSR count). The Hall–Kier alpha value is -0.730. The van der Waals surface area contributed by atoms with Gasteiger partial charge in [-0.25, -0.2) is 9.97 Å². The van der Waals surface area contributed by atoms with Gasteiger partial charge >= 0.3 is 0 Å². The molecule has 0 saturated heterocycles. The summed E-state index contributed by atoms with van der Waals surface area (Å²) in [5, 5.41) is 6.31. The molecule has 2 aromatic heterocycles. The Kier molecular flexibility index (Phi) is 7.77. The minimum Gasteiger partial charge on any atom is -0.339 e. The topological polar surface area (TPSA) is 80.9 Å². The van der Waals surface area contributed by atoms with Crippen LogP contribution in [0.2, 0.25) is 0 Å². The first-order valence-electron chi connectivity index (χ1n) is 5.82. The minimum atomic E-state index is -0.511. The molecule has 0 unspecified atom stereocenters. The Balaban J connectivity index is 0.00000200. The van der Waals surface area contributed by atoms with Gasteiger partial charge in [0, 0.05) is 23.0 Å². The molecule has 2 aromatic rings. The lowest BCUT2D eigenvalue weighted by atomic mass is 10.1. The van der Waals surface area contributed by atoms with E-state index in [4.69, 9.17) is 5.73 Å². The number of amides is 1. The minimum absolute atomic E-state index is 0. The number of aromatic nitrogens is 2. The molecule has 0 fully saturated rings. The number of carbonyl (C=O) groups is 1. The molecule has 5 nitrogen and oxygen atoms in total. The monoisotopic (exact) mass is 368 g/mol. The highest BCUT2D eigenvalue weighted by molar-refractivity contribution is 7.11. The van der Waals surface area contributed by atoms with E-state index in [2.05, 4.69) is 15.3 Å². The van der Waals surface area contributed by atoms with Crippen molar-refractivity contribution in [1.29, 1.82) is 0 Å². The van der Waals surface area contributed by atoms with Crippen LogP contribution < -0.4 is 11.1 Å². The number of halogens is 2. The van der Waals surface area contributed by atoms with Crippen LogP contribution in [0, 0.1) is 6.92 Å². The molecule has 3 N–H and O–H groups in total. The lowest BCUT2D eigenvalue weighted by molar-refractivity contribution is 0.0907. The third kappa shape index (κ3) is 4.89. The molecule has 21 heavy (non-hydrogen) atoms. The maximum atomic E-state index is 12.1. The Morgan fingerprint density at radius 2 is 2.10 bits per heavy atom. The summed E-state index contributed by atoms with van der Waals surface area (Å²) in [6.07, 6.45) is 1.81. The zero-order chi connectivity index (χ0) is 14.0. The van der Waals surface area contributed by atoms with Gasteiger partial charge in [-0.2, -0.15) is 0 Å². The zero-order valence-electron chi connectivity index (χ0n) is 11.9. The maximum absolute atomic E-state index is 12.1. The first-order valence-corrected chi connectivity index (χ1v) is 7.52. The van der Waals surface area contributed by atoms with Crippen LogP contribution in [0.25, 0.3) is 0 Å². The fourth-order valence-corrected chi connectivity index (χ4v) is 3.03. The maximum Gasteiger partial charge on any atom is 0.271 e. The van der Waals surface area contributed by atoms with Crippen molar-refractivity contribution in [3.05, 3.63) is 32.2 Å². The van der Waals surface area contributed by atoms with E-state index in [1.807, 2.05) is 27.0 Å². The summed E-state index contributed by atoms with van der Waals surface area (Å²) in [7, 11) is 0. The highest BCUT2D eigenvalue weighted by Gasteiger charge is 2.27.